The molecule has 9 heteroatoms. The van der Waals surface area contributed by atoms with Gasteiger partial charge in [-0.2, -0.15) is 21.6 Å². The SMILES string of the molecule is O=S(=O)(CCN1CCN(c2cccc(C(F)(F)F)c2)CC1)Oc1ccccc1. The van der Waals surface area contributed by atoms with Crippen molar-refractivity contribution >= 4 is 15.8 Å². The van der Waals surface area contributed by atoms with Crippen LogP contribution in [0.25, 0.3) is 0 Å². The number of anilines is 1. The molecule has 0 N–H and O–H groups in total. The fourth-order valence-electron chi connectivity index (χ4n) is 3.01. The molecule has 0 saturated carbocycles. The van der Waals surface area contributed by atoms with Crippen molar-refractivity contribution in [1.82, 2.24) is 4.90 Å². The molecule has 5 nitrogen and oxygen atoms in total. The summed E-state index contributed by atoms with van der Waals surface area (Å²) in [5.74, 6) is 0.128. The van der Waals surface area contributed by atoms with E-state index in [4.69, 9.17) is 4.18 Å². The zero-order valence-electron chi connectivity index (χ0n) is 15.1. The summed E-state index contributed by atoms with van der Waals surface area (Å²) in [6.45, 7) is 2.50. The lowest BCUT2D eigenvalue weighted by Gasteiger charge is -2.36. The van der Waals surface area contributed by atoms with Gasteiger partial charge in [0.25, 0.3) is 0 Å². The van der Waals surface area contributed by atoms with Crippen LogP contribution >= 0.6 is 0 Å². The van der Waals surface area contributed by atoms with Gasteiger partial charge < -0.3 is 9.08 Å². The quantitative estimate of drug-likeness (QED) is 0.680. The van der Waals surface area contributed by atoms with Crippen LogP contribution < -0.4 is 9.08 Å². The summed E-state index contributed by atoms with van der Waals surface area (Å²) in [7, 11) is -3.70. The van der Waals surface area contributed by atoms with Crippen molar-refractivity contribution in [1.29, 1.82) is 0 Å². The van der Waals surface area contributed by atoms with Gasteiger partial charge in [-0.15, -0.1) is 0 Å². The number of alkyl halides is 3. The van der Waals surface area contributed by atoms with E-state index in [1.807, 2.05) is 9.80 Å². The average molecular weight is 414 g/mol. The highest BCUT2D eigenvalue weighted by molar-refractivity contribution is 7.87. The van der Waals surface area contributed by atoms with Crippen LogP contribution in [0.2, 0.25) is 0 Å². The Morgan fingerprint density at radius 3 is 2.25 bits per heavy atom. The summed E-state index contributed by atoms with van der Waals surface area (Å²) >= 11 is 0. The molecule has 0 atom stereocenters. The van der Waals surface area contributed by atoms with E-state index >= 15 is 0 Å². The molecule has 1 heterocycles. The third-order valence-electron chi connectivity index (χ3n) is 4.53. The van der Waals surface area contributed by atoms with Crippen molar-refractivity contribution in [3.8, 4) is 5.75 Å². The molecule has 152 valence electrons. The molecule has 2 aromatic rings. The van der Waals surface area contributed by atoms with Gasteiger partial charge in [0.15, 0.2) is 0 Å². The molecule has 1 aliphatic rings. The van der Waals surface area contributed by atoms with Crippen LogP contribution in [0.3, 0.4) is 0 Å². The highest BCUT2D eigenvalue weighted by Crippen LogP contribution is 2.31. The van der Waals surface area contributed by atoms with Crippen LogP contribution in [0.15, 0.2) is 54.6 Å². The van der Waals surface area contributed by atoms with E-state index in [9.17, 15) is 21.6 Å². The maximum absolute atomic E-state index is 12.9. The molecule has 28 heavy (non-hydrogen) atoms. The van der Waals surface area contributed by atoms with E-state index in [1.54, 1.807) is 36.4 Å². The molecule has 0 amide bonds. The summed E-state index contributed by atoms with van der Waals surface area (Å²) in [6.07, 6.45) is -4.37. The molecule has 1 fully saturated rings. The van der Waals surface area contributed by atoms with Crippen molar-refractivity contribution in [2.24, 2.45) is 0 Å². The largest absolute Gasteiger partial charge is 0.416 e. The van der Waals surface area contributed by atoms with Crippen LogP contribution in [0.5, 0.6) is 5.75 Å². The molecule has 0 bridgehead atoms. The summed E-state index contributed by atoms with van der Waals surface area (Å²) in [4.78, 5) is 3.84. The minimum absolute atomic E-state index is 0.147. The van der Waals surface area contributed by atoms with E-state index in [2.05, 4.69) is 0 Å². The van der Waals surface area contributed by atoms with Crippen LogP contribution in [-0.4, -0.2) is 51.8 Å². The van der Waals surface area contributed by atoms with E-state index in [0.29, 0.717) is 38.4 Å². The van der Waals surface area contributed by atoms with Crippen molar-refractivity contribution in [3.05, 3.63) is 60.2 Å². The molecule has 1 aliphatic heterocycles. The van der Waals surface area contributed by atoms with Gasteiger partial charge in [0, 0.05) is 38.4 Å². The van der Waals surface area contributed by atoms with Gasteiger partial charge in [0.2, 0.25) is 0 Å². The fourth-order valence-corrected chi connectivity index (χ4v) is 3.98. The van der Waals surface area contributed by atoms with Crippen molar-refractivity contribution in [3.63, 3.8) is 0 Å². The minimum Gasteiger partial charge on any atom is -0.382 e. The predicted octanol–water partition coefficient (Wildman–Crippen LogP) is 3.24. The van der Waals surface area contributed by atoms with Gasteiger partial charge in [-0.3, -0.25) is 4.90 Å². The second-order valence-electron chi connectivity index (χ2n) is 6.53. The van der Waals surface area contributed by atoms with Gasteiger partial charge in [0.05, 0.1) is 11.3 Å². The van der Waals surface area contributed by atoms with Crippen molar-refractivity contribution < 1.29 is 25.8 Å². The maximum atomic E-state index is 12.9. The van der Waals surface area contributed by atoms with E-state index in [1.165, 1.54) is 6.07 Å². The smallest absolute Gasteiger partial charge is 0.382 e. The Labute approximate surface area is 162 Å². The molecular weight excluding hydrogens is 393 g/mol. The maximum Gasteiger partial charge on any atom is 0.416 e. The third-order valence-corrected chi connectivity index (χ3v) is 5.66. The number of hydrogen-bond donors (Lipinski definition) is 0. The summed E-state index contributed by atoms with van der Waals surface area (Å²) < 4.78 is 67.9. The third kappa shape index (κ3) is 5.62. The standard InChI is InChI=1S/C19H21F3N2O3S/c20-19(21,22)16-5-4-6-17(15-16)24-11-9-23(10-12-24)13-14-28(25,26)27-18-7-2-1-3-8-18/h1-8,15H,9-14H2. The molecule has 0 aromatic heterocycles. The lowest BCUT2D eigenvalue weighted by molar-refractivity contribution is -0.137. The van der Waals surface area contributed by atoms with Crippen LogP contribution in [0.4, 0.5) is 18.9 Å². The first kappa shape index (κ1) is 20.5. The predicted molar refractivity (Wildman–Crippen MR) is 101 cm³/mol. The number of nitrogens with zero attached hydrogens (tertiary/aromatic N) is 2. The Hall–Kier alpha value is -2.26. The Balaban J connectivity index is 1.50. The van der Waals surface area contributed by atoms with Crippen LogP contribution in [0.1, 0.15) is 5.56 Å². The number of hydrogen-bond acceptors (Lipinski definition) is 5. The Morgan fingerprint density at radius 1 is 0.929 bits per heavy atom. The highest BCUT2D eigenvalue weighted by atomic mass is 32.2. The van der Waals surface area contributed by atoms with E-state index in [0.717, 1.165) is 12.1 Å². The molecule has 3 rings (SSSR count). The molecular formula is C19H21F3N2O3S. The Bertz CT molecular complexity index is 881. The molecule has 0 aliphatic carbocycles. The summed E-state index contributed by atoms with van der Waals surface area (Å²) in [6, 6.07) is 13.6. The lowest BCUT2D eigenvalue weighted by atomic mass is 10.1. The fraction of sp³-hybridized carbons (Fsp3) is 0.368. The molecule has 0 radical (unpaired) electrons. The average Bonchev–Trinajstić information content (AvgIpc) is 2.67. The van der Waals surface area contributed by atoms with Crippen LogP contribution in [0, 0.1) is 0 Å². The first-order chi connectivity index (χ1) is 13.2. The monoisotopic (exact) mass is 414 g/mol. The molecule has 2 aromatic carbocycles. The zero-order valence-corrected chi connectivity index (χ0v) is 15.9. The van der Waals surface area contributed by atoms with Crippen molar-refractivity contribution in [2.75, 3.05) is 43.4 Å². The topological polar surface area (TPSA) is 49.9 Å². The second-order valence-corrected chi connectivity index (χ2v) is 8.23. The number of benzene rings is 2. The van der Waals surface area contributed by atoms with E-state index < -0.39 is 21.9 Å². The Morgan fingerprint density at radius 2 is 1.61 bits per heavy atom. The lowest BCUT2D eigenvalue weighted by Crippen LogP contribution is -2.47. The minimum atomic E-state index is -4.37. The van der Waals surface area contributed by atoms with Gasteiger partial charge in [-0.05, 0) is 30.3 Å². The first-order valence-corrected chi connectivity index (χ1v) is 10.4. The Kier molecular flexibility index (Phi) is 6.14. The summed E-state index contributed by atoms with van der Waals surface area (Å²) in [5, 5.41) is 0. The van der Waals surface area contributed by atoms with Gasteiger partial charge in [0.1, 0.15) is 5.75 Å². The normalized spacial score (nSPS) is 16.2. The molecule has 0 spiro atoms. The van der Waals surface area contributed by atoms with Crippen LogP contribution in [-0.2, 0) is 16.3 Å². The van der Waals surface area contributed by atoms with Gasteiger partial charge >= 0.3 is 16.3 Å². The summed E-state index contributed by atoms with van der Waals surface area (Å²) in [5.41, 5.74) is -0.147. The van der Waals surface area contributed by atoms with Gasteiger partial charge in [-0.1, -0.05) is 24.3 Å². The van der Waals surface area contributed by atoms with Gasteiger partial charge in [-0.25, -0.2) is 0 Å². The number of rotatable bonds is 6. The number of para-hydroxylation sites is 1. The molecule has 0 unspecified atom stereocenters. The van der Waals surface area contributed by atoms with Crippen molar-refractivity contribution in [2.45, 2.75) is 6.18 Å². The highest BCUT2D eigenvalue weighted by Gasteiger charge is 2.31. The van der Waals surface area contributed by atoms with E-state index in [-0.39, 0.29) is 11.5 Å². The zero-order chi connectivity index (χ0) is 20.2. The number of halogens is 3. The molecule has 1 saturated heterocycles. The number of piperazine rings is 1. The first-order valence-electron chi connectivity index (χ1n) is 8.85. The second kappa shape index (κ2) is 8.40.